The van der Waals surface area contributed by atoms with Crippen LogP contribution in [0, 0.1) is 6.92 Å². The van der Waals surface area contributed by atoms with Crippen LogP contribution in [0.15, 0.2) is 35.2 Å². The maximum absolute atomic E-state index is 12.9. The van der Waals surface area contributed by atoms with E-state index in [0.29, 0.717) is 19.2 Å². The number of anilines is 2. The minimum absolute atomic E-state index is 0.103. The lowest BCUT2D eigenvalue weighted by molar-refractivity contribution is 0.0951. The molecule has 0 unspecified atom stereocenters. The molecule has 3 rings (SSSR count). The SMILES string of the molecule is Cc1cc(N2CCOCC2)nc(NCCNC(=O)c2ccccc2S(=O)(=O)C(F)F)n1. The highest BCUT2D eigenvalue weighted by Crippen LogP contribution is 2.22. The van der Waals surface area contributed by atoms with Gasteiger partial charge in [-0.05, 0) is 19.1 Å². The van der Waals surface area contributed by atoms with Crippen LogP contribution in [0.25, 0.3) is 0 Å². The van der Waals surface area contributed by atoms with Gasteiger partial charge in [0.05, 0.1) is 23.7 Å². The van der Waals surface area contributed by atoms with E-state index in [1.165, 1.54) is 18.2 Å². The largest absolute Gasteiger partial charge is 0.378 e. The zero-order chi connectivity index (χ0) is 22.4. The Morgan fingerprint density at radius 3 is 2.61 bits per heavy atom. The molecule has 0 radical (unpaired) electrons. The van der Waals surface area contributed by atoms with Crippen molar-refractivity contribution in [2.45, 2.75) is 17.6 Å². The van der Waals surface area contributed by atoms with E-state index in [1.54, 1.807) is 0 Å². The highest BCUT2D eigenvalue weighted by Gasteiger charge is 2.30. The Balaban J connectivity index is 1.60. The van der Waals surface area contributed by atoms with Crippen LogP contribution >= 0.6 is 0 Å². The molecule has 2 N–H and O–H groups in total. The molecule has 1 fully saturated rings. The molecule has 12 heteroatoms. The van der Waals surface area contributed by atoms with Crippen molar-refractivity contribution < 1.29 is 26.7 Å². The summed E-state index contributed by atoms with van der Waals surface area (Å²) in [6.07, 6.45) is 0. The number of carbonyl (C=O) groups is 1. The number of halogens is 2. The number of nitrogens with zero attached hydrogens (tertiary/aromatic N) is 3. The molecule has 2 heterocycles. The van der Waals surface area contributed by atoms with Gasteiger partial charge in [0, 0.05) is 37.9 Å². The third kappa shape index (κ3) is 5.64. The number of sulfone groups is 1. The number of nitrogens with one attached hydrogen (secondary N) is 2. The number of hydrogen-bond donors (Lipinski definition) is 2. The van der Waals surface area contributed by atoms with Gasteiger partial charge < -0.3 is 20.3 Å². The summed E-state index contributed by atoms with van der Waals surface area (Å²) < 4.78 is 54.7. The molecule has 0 aliphatic carbocycles. The van der Waals surface area contributed by atoms with Gasteiger partial charge in [0.2, 0.25) is 15.8 Å². The zero-order valence-electron chi connectivity index (χ0n) is 16.8. The number of rotatable bonds is 8. The second-order valence-electron chi connectivity index (χ2n) is 6.78. The summed E-state index contributed by atoms with van der Waals surface area (Å²) in [7, 11) is -4.89. The molecular formula is C19H23F2N5O4S. The van der Waals surface area contributed by atoms with Crippen molar-refractivity contribution in [1.82, 2.24) is 15.3 Å². The number of amides is 1. The summed E-state index contributed by atoms with van der Waals surface area (Å²) in [5, 5.41) is 5.52. The third-order valence-electron chi connectivity index (χ3n) is 4.54. The van der Waals surface area contributed by atoms with E-state index in [2.05, 4.69) is 25.5 Å². The molecule has 0 bridgehead atoms. The van der Waals surface area contributed by atoms with Gasteiger partial charge in [0.1, 0.15) is 5.82 Å². The van der Waals surface area contributed by atoms with Gasteiger partial charge >= 0.3 is 5.76 Å². The monoisotopic (exact) mass is 455 g/mol. The predicted molar refractivity (Wildman–Crippen MR) is 110 cm³/mol. The van der Waals surface area contributed by atoms with Gasteiger partial charge in [-0.15, -0.1) is 0 Å². The van der Waals surface area contributed by atoms with Crippen LogP contribution < -0.4 is 15.5 Å². The van der Waals surface area contributed by atoms with E-state index >= 15 is 0 Å². The topological polar surface area (TPSA) is 114 Å². The van der Waals surface area contributed by atoms with Gasteiger partial charge in [-0.2, -0.15) is 13.8 Å². The lowest BCUT2D eigenvalue weighted by atomic mass is 10.2. The van der Waals surface area contributed by atoms with E-state index in [1.807, 2.05) is 13.0 Å². The molecule has 31 heavy (non-hydrogen) atoms. The summed E-state index contributed by atoms with van der Waals surface area (Å²) in [5.41, 5.74) is 0.443. The molecule has 1 aromatic heterocycles. The van der Waals surface area contributed by atoms with Gasteiger partial charge in [-0.25, -0.2) is 13.4 Å². The maximum Gasteiger partial charge on any atom is 0.341 e. The van der Waals surface area contributed by atoms with Crippen molar-refractivity contribution in [2.75, 3.05) is 49.6 Å². The first-order valence-corrected chi connectivity index (χ1v) is 11.1. The Morgan fingerprint density at radius 2 is 1.90 bits per heavy atom. The van der Waals surface area contributed by atoms with Crippen molar-refractivity contribution in [3.05, 3.63) is 41.6 Å². The average Bonchev–Trinajstić information content (AvgIpc) is 2.76. The molecule has 1 aliphatic heterocycles. The number of hydrogen-bond acceptors (Lipinski definition) is 8. The molecule has 0 spiro atoms. The molecule has 0 atom stereocenters. The number of ether oxygens (including phenoxy) is 1. The van der Waals surface area contributed by atoms with E-state index in [0.717, 1.165) is 30.7 Å². The van der Waals surface area contributed by atoms with Crippen molar-refractivity contribution in [3.8, 4) is 0 Å². The van der Waals surface area contributed by atoms with Crippen LogP contribution in [-0.4, -0.2) is 69.4 Å². The second-order valence-corrected chi connectivity index (χ2v) is 8.66. The van der Waals surface area contributed by atoms with Crippen molar-refractivity contribution in [1.29, 1.82) is 0 Å². The van der Waals surface area contributed by atoms with Crippen LogP contribution in [-0.2, 0) is 14.6 Å². The summed E-state index contributed by atoms with van der Waals surface area (Å²) in [5.74, 6) is -3.21. The highest BCUT2D eigenvalue weighted by atomic mass is 32.2. The number of aryl methyl sites for hydroxylation is 1. The first-order valence-electron chi connectivity index (χ1n) is 9.60. The zero-order valence-corrected chi connectivity index (χ0v) is 17.7. The minimum atomic E-state index is -4.89. The summed E-state index contributed by atoms with van der Waals surface area (Å²) >= 11 is 0. The number of carbonyl (C=O) groups excluding carboxylic acids is 1. The van der Waals surface area contributed by atoms with E-state index in [4.69, 9.17) is 4.74 Å². The van der Waals surface area contributed by atoms with Crippen LogP contribution in [0.4, 0.5) is 20.5 Å². The van der Waals surface area contributed by atoms with Gasteiger partial charge in [-0.3, -0.25) is 4.79 Å². The molecule has 1 aromatic carbocycles. The van der Waals surface area contributed by atoms with Crippen LogP contribution in [0.2, 0.25) is 0 Å². The Kier molecular flexibility index (Phi) is 7.33. The fraction of sp³-hybridized carbons (Fsp3) is 0.421. The second kappa shape index (κ2) is 9.96. The molecular weight excluding hydrogens is 432 g/mol. The molecule has 0 saturated carbocycles. The van der Waals surface area contributed by atoms with Crippen LogP contribution in [0.3, 0.4) is 0 Å². The number of benzene rings is 1. The fourth-order valence-electron chi connectivity index (χ4n) is 3.03. The van der Waals surface area contributed by atoms with E-state index < -0.39 is 26.4 Å². The maximum atomic E-state index is 12.9. The minimum Gasteiger partial charge on any atom is -0.378 e. The van der Waals surface area contributed by atoms with Gasteiger partial charge in [0.25, 0.3) is 5.91 Å². The average molecular weight is 455 g/mol. The van der Waals surface area contributed by atoms with E-state index in [9.17, 15) is 22.0 Å². The quantitative estimate of drug-likeness (QED) is 0.575. The number of morpholine rings is 1. The van der Waals surface area contributed by atoms with Crippen LogP contribution in [0.1, 0.15) is 16.1 Å². The number of aromatic nitrogens is 2. The third-order valence-corrected chi connectivity index (χ3v) is 5.98. The van der Waals surface area contributed by atoms with Crippen molar-refractivity contribution >= 4 is 27.5 Å². The Labute approximate surface area is 178 Å². The molecule has 1 amide bonds. The molecule has 9 nitrogen and oxygen atoms in total. The van der Waals surface area contributed by atoms with Crippen molar-refractivity contribution in [3.63, 3.8) is 0 Å². The predicted octanol–water partition coefficient (Wildman–Crippen LogP) is 1.46. The normalized spacial score (nSPS) is 14.5. The summed E-state index contributed by atoms with van der Waals surface area (Å²) in [6, 6.07) is 6.75. The highest BCUT2D eigenvalue weighted by molar-refractivity contribution is 7.91. The first-order chi connectivity index (χ1) is 14.8. The van der Waals surface area contributed by atoms with Gasteiger partial charge in [0.15, 0.2) is 0 Å². The van der Waals surface area contributed by atoms with Crippen molar-refractivity contribution in [2.24, 2.45) is 0 Å². The molecule has 2 aromatic rings. The Morgan fingerprint density at radius 1 is 1.19 bits per heavy atom. The number of alkyl halides is 2. The molecule has 1 saturated heterocycles. The molecule has 1 aliphatic rings. The lowest BCUT2D eigenvalue weighted by Gasteiger charge is -2.28. The molecule has 168 valence electrons. The van der Waals surface area contributed by atoms with Gasteiger partial charge in [-0.1, -0.05) is 12.1 Å². The first kappa shape index (κ1) is 22.8. The fourth-order valence-corrected chi connectivity index (χ4v) is 3.96. The Bertz CT molecular complexity index is 1030. The lowest BCUT2D eigenvalue weighted by Crippen LogP contribution is -2.37. The van der Waals surface area contributed by atoms with E-state index in [-0.39, 0.29) is 18.7 Å². The summed E-state index contributed by atoms with van der Waals surface area (Å²) in [4.78, 5) is 22.5. The smallest absolute Gasteiger partial charge is 0.341 e. The van der Waals surface area contributed by atoms with Crippen LogP contribution in [0.5, 0.6) is 0 Å². The Hall–Kier alpha value is -2.86. The summed E-state index contributed by atoms with van der Waals surface area (Å²) in [6.45, 7) is 4.91. The standard InChI is InChI=1S/C19H23F2N5O4S/c1-13-12-16(26-8-10-30-11-9-26)25-19(24-13)23-7-6-22-17(27)14-4-2-3-5-15(14)31(28,29)18(20)21/h2-5,12,18H,6-11H2,1H3,(H,22,27)(H,23,24,25).